The molecule has 4 heteroatoms. The second-order valence-electron chi connectivity index (χ2n) is 4.89. The predicted molar refractivity (Wildman–Crippen MR) is 72.4 cm³/mol. The van der Waals surface area contributed by atoms with Crippen molar-refractivity contribution in [2.24, 2.45) is 5.92 Å². The van der Waals surface area contributed by atoms with Gasteiger partial charge in [-0.15, -0.1) is 0 Å². The van der Waals surface area contributed by atoms with Gasteiger partial charge in [0, 0.05) is 32.4 Å². The molecule has 0 saturated heterocycles. The Labute approximate surface area is 110 Å². The molecule has 0 rings (SSSR count). The van der Waals surface area contributed by atoms with E-state index in [9.17, 15) is 9.59 Å². The van der Waals surface area contributed by atoms with E-state index in [1.807, 2.05) is 6.92 Å². The summed E-state index contributed by atoms with van der Waals surface area (Å²) < 4.78 is 5.34. The maximum Gasteiger partial charge on any atom is 0.220 e. The first kappa shape index (κ1) is 17.1. The first-order chi connectivity index (χ1) is 8.56. The predicted octanol–water partition coefficient (Wildman–Crippen LogP) is 2.31. The molecule has 0 heterocycles. The fraction of sp³-hybridized carbons (Fsp3) is 0.857. The fourth-order valence-electron chi connectivity index (χ4n) is 1.42. The van der Waals surface area contributed by atoms with Gasteiger partial charge < -0.3 is 10.1 Å². The van der Waals surface area contributed by atoms with Crippen molar-refractivity contribution in [1.29, 1.82) is 0 Å². The number of ether oxygens (including phenoxy) is 1. The molecule has 0 aromatic heterocycles. The lowest BCUT2D eigenvalue weighted by Crippen LogP contribution is -2.27. The number of amides is 1. The first-order valence-electron chi connectivity index (χ1n) is 6.92. The maximum absolute atomic E-state index is 11.4. The van der Waals surface area contributed by atoms with Gasteiger partial charge in [-0.25, -0.2) is 0 Å². The summed E-state index contributed by atoms with van der Waals surface area (Å²) in [6.45, 7) is 7.75. The highest BCUT2D eigenvalue weighted by Crippen LogP contribution is 2.02. The molecular formula is C14H27NO3. The lowest BCUT2D eigenvalue weighted by molar-refractivity contribution is -0.121. The average molecular weight is 257 g/mol. The third-order valence-electron chi connectivity index (χ3n) is 2.66. The summed E-state index contributed by atoms with van der Waals surface area (Å²) in [4.78, 5) is 22.4. The largest absolute Gasteiger partial charge is 0.380 e. The third kappa shape index (κ3) is 11.6. The molecule has 0 aliphatic rings. The van der Waals surface area contributed by atoms with Gasteiger partial charge in [-0.2, -0.15) is 0 Å². The summed E-state index contributed by atoms with van der Waals surface area (Å²) in [7, 11) is 0. The molecule has 0 atom stereocenters. The standard InChI is InChI=1S/C14H27NO3/c1-4-13(16)6-5-10-18-11-9-15-14(17)8-7-12(2)3/h12H,4-11H2,1-3H3,(H,15,17). The minimum absolute atomic E-state index is 0.0912. The van der Waals surface area contributed by atoms with Crippen LogP contribution in [0, 0.1) is 5.92 Å². The van der Waals surface area contributed by atoms with Crippen LogP contribution in [-0.4, -0.2) is 31.4 Å². The number of ketones is 1. The van der Waals surface area contributed by atoms with E-state index in [1.54, 1.807) is 0 Å². The summed E-state index contributed by atoms with van der Waals surface area (Å²) in [5.74, 6) is 0.928. The van der Waals surface area contributed by atoms with Crippen molar-refractivity contribution in [2.45, 2.75) is 52.9 Å². The van der Waals surface area contributed by atoms with E-state index < -0.39 is 0 Å². The number of hydrogen-bond acceptors (Lipinski definition) is 3. The monoisotopic (exact) mass is 257 g/mol. The molecule has 0 aromatic rings. The molecule has 1 N–H and O–H groups in total. The van der Waals surface area contributed by atoms with Crippen molar-refractivity contribution in [3.63, 3.8) is 0 Å². The van der Waals surface area contributed by atoms with Gasteiger partial charge in [-0.05, 0) is 18.8 Å². The second-order valence-corrected chi connectivity index (χ2v) is 4.89. The third-order valence-corrected chi connectivity index (χ3v) is 2.66. The molecule has 106 valence electrons. The van der Waals surface area contributed by atoms with Gasteiger partial charge in [0.1, 0.15) is 5.78 Å². The summed E-state index contributed by atoms with van der Waals surface area (Å²) in [6, 6.07) is 0. The first-order valence-corrected chi connectivity index (χ1v) is 6.92. The van der Waals surface area contributed by atoms with Crippen molar-refractivity contribution >= 4 is 11.7 Å². The molecular weight excluding hydrogens is 230 g/mol. The molecule has 0 unspecified atom stereocenters. The highest BCUT2D eigenvalue weighted by Gasteiger charge is 2.02. The molecule has 0 radical (unpaired) electrons. The average Bonchev–Trinajstić information content (AvgIpc) is 2.34. The van der Waals surface area contributed by atoms with Crippen molar-refractivity contribution in [1.82, 2.24) is 5.32 Å². The molecule has 0 bridgehead atoms. The quantitative estimate of drug-likeness (QED) is 0.578. The normalized spacial score (nSPS) is 10.7. The Morgan fingerprint density at radius 1 is 1.17 bits per heavy atom. The molecule has 0 aliphatic heterocycles. The van der Waals surface area contributed by atoms with Gasteiger partial charge in [-0.3, -0.25) is 9.59 Å². The zero-order chi connectivity index (χ0) is 13.8. The Morgan fingerprint density at radius 3 is 2.50 bits per heavy atom. The van der Waals surface area contributed by atoms with Crippen molar-refractivity contribution in [3.05, 3.63) is 0 Å². The van der Waals surface area contributed by atoms with Gasteiger partial charge >= 0.3 is 0 Å². The van der Waals surface area contributed by atoms with Crippen molar-refractivity contribution < 1.29 is 14.3 Å². The molecule has 1 amide bonds. The Balaban J connectivity index is 3.25. The Bertz CT molecular complexity index is 239. The Kier molecular flexibility index (Phi) is 10.6. The van der Waals surface area contributed by atoms with E-state index in [1.165, 1.54) is 0 Å². The van der Waals surface area contributed by atoms with E-state index >= 15 is 0 Å². The molecule has 0 saturated carbocycles. The number of carbonyl (C=O) groups is 2. The van der Waals surface area contributed by atoms with E-state index in [0.29, 0.717) is 44.9 Å². The van der Waals surface area contributed by atoms with Crippen molar-refractivity contribution in [2.75, 3.05) is 19.8 Å². The lowest BCUT2D eigenvalue weighted by Gasteiger charge is -2.07. The zero-order valence-corrected chi connectivity index (χ0v) is 12.0. The van der Waals surface area contributed by atoms with Gasteiger partial charge in [-0.1, -0.05) is 20.8 Å². The van der Waals surface area contributed by atoms with Crippen LogP contribution in [0.4, 0.5) is 0 Å². The second kappa shape index (κ2) is 11.2. The maximum atomic E-state index is 11.4. The molecule has 0 aliphatic carbocycles. The number of nitrogens with one attached hydrogen (secondary N) is 1. The van der Waals surface area contributed by atoms with E-state index in [4.69, 9.17) is 4.74 Å². The Morgan fingerprint density at radius 2 is 1.89 bits per heavy atom. The molecule has 4 nitrogen and oxygen atoms in total. The molecule has 18 heavy (non-hydrogen) atoms. The van der Waals surface area contributed by atoms with Crippen LogP contribution in [0.15, 0.2) is 0 Å². The number of Topliss-reactive ketones (excluding diaryl/α,β-unsaturated/α-hetero) is 1. The van der Waals surface area contributed by atoms with Crippen LogP contribution in [0.3, 0.4) is 0 Å². The number of hydrogen-bond donors (Lipinski definition) is 1. The molecule has 0 aromatic carbocycles. The minimum Gasteiger partial charge on any atom is -0.380 e. The summed E-state index contributed by atoms with van der Waals surface area (Å²) in [5, 5.41) is 2.82. The zero-order valence-electron chi connectivity index (χ0n) is 12.0. The van der Waals surface area contributed by atoms with E-state index in [0.717, 1.165) is 12.8 Å². The summed E-state index contributed by atoms with van der Waals surface area (Å²) in [5.41, 5.74) is 0. The number of rotatable bonds is 11. The molecule has 0 spiro atoms. The summed E-state index contributed by atoms with van der Waals surface area (Å²) in [6.07, 6.45) is 3.48. The number of carbonyl (C=O) groups excluding carboxylic acids is 2. The van der Waals surface area contributed by atoms with Crippen LogP contribution in [0.5, 0.6) is 0 Å². The smallest absolute Gasteiger partial charge is 0.220 e. The lowest BCUT2D eigenvalue weighted by atomic mass is 10.1. The van der Waals surface area contributed by atoms with Crippen molar-refractivity contribution in [3.8, 4) is 0 Å². The van der Waals surface area contributed by atoms with Crippen LogP contribution in [0.1, 0.15) is 52.9 Å². The topological polar surface area (TPSA) is 55.4 Å². The minimum atomic E-state index is 0.0912. The highest BCUT2D eigenvalue weighted by molar-refractivity contribution is 5.77. The Hall–Kier alpha value is -0.900. The summed E-state index contributed by atoms with van der Waals surface area (Å²) >= 11 is 0. The van der Waals surface area contributed by atoms with Crippen LogP contribution in [-0.2, 0) is 14.3 Å². The van der Waals surface area contributed by atoms with Gasteiger partial charge in [0.05, 0.1) is 6.61 Å². The van der Waals surface area contributed by atoms with Gasteiger partial charge in [0.25, 0.3) is 0 Å². The fourth-order valence-corrected chi connectivity index (χ4v) is 1.42. The SMILES string of the molecule is CCC(=O)CCCOCCNC(=O)CCC(C)C. The van der Waals surface area contributed by atoms with Crippen LogP contribution in [0.25, 0.3) is 0 Å². The molecule has 0 fully saturated rings. The van der Waals surface area contributed by atoms with Crippen LogP contribution >= 0.6 is 0 Å². The van der Waals surface area contributed by atoms with Gasteiger partial charge in [0.2, 0.25) is 5.91 Å². The van der Waals surface area contributed by atoms with Crippen LogP contribution in [0.2, 0.25) is 0 Å². The van der Waals surface area contributed by atoms with E-state index in [2.05, 4.69) is 19.2 Å². The highest BCUT2D eigenvalue weighted by atomic mass is 16.5. The van der Waals surface area contributed by atoms with Crippen LogP contribution < -0.4 is 5.32 Å². The van der Waals surface area contributed by atoms with E-state index in [-0.39, 0.29) is 11.7 Å². The van der Waals surface area contributed by atoms with Gasteiger partial charge in [0.15, 0.2) is 0 Å².